The molecule has 1 aromatic carbocycles. The van der Waals surface area contributed by atoms with Gasteiger partial charge in [-0.25, -0.2) is 13.1 Å². The summed E-state index contributed by atoms with van der Waals surface area (Å²) < 4.78 is 26.3. The summed E-state index contributed by atoms with van der Waals surface area (Å²) in [5.41, 5.74) is 6.30. The molecule has 0 bridgehead atoms. The molecular weight excluding hydrogens is 300 g/mol. The van der Waals surface area contributed by atoms with Crippen LogP contribution in [0.25, 0.3) is 0 Å². The van der Waals surface area contributed by atoms with Gasteiger partial charge in [-0.15, -0.1) is 11.8 Å². The smallest absolute Gasteiger partial charge is 0.212 e. The second kappa shape index (κ2) is 8.04. The summed E-state index contributed by atoms with van der Waals surface area (Å²) in [6.07, 6.45) is 1.96. The monoisotopic (exact) mass is 320 g/mol. The largest absolute Gasteiger partial charge is 0.399 e. The van der Waals surface area contributed by atoms with Crippen molar-refractivity contribution in [2.75, 3.05) is 29.2 Å². The topological polar surface area (TPSA) is 72.2 Å². The van der Waals surface area contributed by atoms with E-state index in [0.29, 0.717) is 11.4 Å². The van der Waals surface area contributed by atoms with Crippen molar-refractivity contribution in [3.8, 4) is 0 Å². The molecule has 7 heteroatoms. The normalized spacial score (nSPS) is 13.4. The summed E-state index contributed by atoms with van der Waals surface area (Å²) >= 11 is 3.14. The van der Waals surface area contributed by atoms with E-state index < -0.39 is 10.0 Å². The van der Waals surface area contributed by atoms with Crippen molar-refractivity contribution in [1.29, 1.82) is 0 Å². The van der Waals surface area contributed by atoms with E-state index in [4.69, 9.17) is 5.73 Å². The summed E-state index contributed by atoms with van der Waals surface area (Å²) in [6.45, 7) is 1.88. The van der Waals surface area contributed by atoms with Crippen LogP contribution in [0.3, 0.4) is 0 Å². The third-order valence-electron chi connectivity index (χ3n) is 2.30. The average Bonchev–Trinajstić information content (AvgIpc) is 2.31. The van der Waals surface area contributed by atoms with E-state index in [0.717, 1.165) is 10.6 Å². The third-order valence-corrected chi connectivity index (χ3v) is 5.91. The summed E-state index contributed by atoms with van der Waals surface area (Å²) in [7, 11) is -3.19. The number of thioether (sulfide) groups is 2. The second-order valence-electron chi connectivity index (χ2n) is 4.21. The van der Waals surface area contributed by atoms with Crippen LogP contribution >= 0.6 is 23.5 Å². The third kappa shape index (κ3) is 7.10. The minimum atomic E-state index is -3.19. The van der Waals surface area contributed by atoms with Crippen LogP contribution in [-0.4, -0.2) is 38.0 Å². The number of benzene rings is 1. The predicted octanol–water partition coefficient (Wildman–Crippen LogP) is 2.03. The lowest BCUT2D eigenvalue weighted by atomic mass is 10.3. The number of nitrogens with two attached hydrogens (primary N) is 1. The quantitative estimate of drug-likeness (QED) is 0.566. The summed E-state index contributed by atoms with van der Waals surface area (Å²) in [6, 6.07) is 7.40. The van der Waals surface area contributed by atoms with Gasteiger partial charge < -0.3 is 5.73 Å². The molecule has 0 aliphatic rings. The van der Waals surface area contributed by atoms with E-state index in [-0.39, 0.29) is 11.8 Å². The molecule has 0 amide bonds. The molecular formula is C12H20N2O2S3. The van der Waals surface area contributed by atoms with Crippen LogP contribution in [0.5, 0.6) is 0 Å². The van der Waals surface area contributed by atoms with E-state index in [1.54, 1.807) is 11.8 Å². The van der Waals surface area contributed by atoms with Crippen LogP contribution in [0, 0.1) is 0 Å². The minimum Gasteiger partial charge on any atom is -0.399 e. The van der Waals surface area contributed by atoms with Crippen molar-refractivity contribution in [2.24, 2.45) is 0 Å². The Morgan fingerprint density at radius 1 is 1.32 bits per heavy atom. The number of nitrogens with one attached hydrogen (secondary N) is 1. The molecule has 1 unspecified atom stereocenters. The zero-order valence-electron chi connectivity index (χ0n) is 11.1. The van der Waals surface area contributed by atoms with Crippen LogP contribution in [0.1, 0.15) is 6.92 Å². The Hall–Kier alpha value is -0.370. The molecule has 1 atom stereocenters. The SMILES string of the molecule is CSCC(C)NS(=O)(=O)CCSc1ccc(N)cc1. The van der Waals surface area contributed by atoms with Gasteiger partial charge in [-0.05, 0) is 37.4 Å². The van der Waals surface area contributed by atoms with Crippen molar-refractivity contribution >= 4 is 39.2 Å². The maximum absolute atomic E-state index is 11.8. The Balaban J connectivity index is 2.37. The zero-order chi connectivity index (χ0) is 14.3. The average molecular weight is 321 g/mol. The molecule has 4 nitrogen and oxygen atoms in total. The van der Waals surface area contributed by atoms with Crippen molar-refractivity contribution in [3.05, 3.63) is 24.3 Å². The first-order chi connectivity index (χ1) is 8.93. The first kappa shape index (κ1) is 16.7. The van der Waals surface area contributed by atoms with Gasteiger partial charge in [0.05, 0.1) is 5.75 Å². The molecule has 0 heterocycles. The molecule has 0 saturated carbocycles. The summed E-state index contributed by atoms with van der Waals surface area (Å²) in [5, 5.41) is 0. The molecule has 1 aromatic rings. The van der Waals surface area contributed by atoms with Crippen LogP contribution < -0.4 is 10.5 Å². The van der Waals surface area contributed by atoms with Crippen molar-refractivity contribution < 1.29 is 8.42 Å². The molecule has 19 heavy (non-hydrogen) atoms. The number of anilines is 1. The fourth-order valence-corrected chi connectivity index (χ4v) is 4.76. The maximum Gasteiger partial charge on any atom is 0.212 e. The summed E-state index contributed by atoms with van der Waals surface area (Å²) in [4.78, 5) is 1.03. The fraction of sp³-hybridized carbons (Fsp3) is 0.500. The minimum absolute atomic E-state index is 0.0264. The lowest BCUT2D eigenvalue weighted by Crippen LogP contribution is -2.36. The molecule has 0 fully saturated rings. The lowest BCUT2D eigenvalue weighted by Gasteiger charge is -2.12. The number of nitrogen functional groups attached to an aromatic ring is 1. The van der Waals surface area contributed by atoms with Crippen molar-refractivity contribution in [1.82, 2.24) is 4.72 Å². The van der Waals surface area contributed by atoms with E-state index in [2.05, 4.69) is 4.72 Å². The second-order valence-corrected chi connectivity index (χ2v) is 8.16. The van der Waals surface area contributed by atoms with Crippen LogP contribution in [0.4, 0.5) is 5.69 Å². The van der Waals surface area contributed by atoms with Crippen molar-refractivity contribution in [2.45, 2.75) is 17.9 Å². The molecule has 108 valence electrons. The van der Waals surface area contributed by atoms with Gasteiger partial charge in [-0.1, -0.05) is 0 Å². The number of rotatable bonds is 8. The standard InChI is InChI=1S/C12H20N2O2S3/c1-10(9-17-2)14-19(15,16)8-7-18-12-5-3-11(13)4-6-12/h3-6,10,14H,7-9,13H2,1-2H3. The first-order valence-electron chi connectivity index (χ1n) is 5.90. The Morgan fingerprint density at radius 3 is 2.53 bits per heavy atom. The molecule has 0 aliphatic heterocycles. The molecule has 3 N–H and O–H groups in total. The van der Waals surface area contributed by atoms with Gasteiger partial charge in [0.15, 0.2) is 0 Å². The highest BCUT2D eigenvalue weighted by molar-refractivity contribution is 8.00. The van der Waals surface area contributed by atoms with E-state index in [1.165, 1.54) is 11.8 Å². The number of sulfonamides is 1. The lowest BCUT2D eigenvalue weighted by molar-refractivity contribution is 0.572. The molecule has 0 spiro atoms. The van der Waals surface area contributed by atoms with Gasteiger partial charge in [-0.3, -0.25) is 0 Å². The molecule has 0 aromatic heterocycles. The number of hydrogen-bond donors (Lipinski definition) is 2. The van der Waals surface area contributed by atoms with Gasteiger partial charge in [0.1, 0.15) is 0 Å². The van der Waals surface area contributed by atoms with Crippen LogP contribution in [0.15, 0.2) is 29.2 Å². The Morgan fingerprint density at radius 2 is 1.95 bits per heavy atom. The Bertz CT molecular complexity index is 474. The van der Waals surface area contributed by atoms with E-state index in [1.807, 2.05) is 37.4 Å². The Kier molecular flexibility index (Phi) is 7.06. The van der Waals surface area contributed by atoms with E-state index >= 15 is 0 Å². The molecule has 0 aliphatic carbocycles. The molecule has 0 saturated heterocycles. The maximum atomic E-state index is 11.8. The van der Waals surface area contributed by atoms with Crippen molar-refractivity contribution in [3.63, 3.8) is 0 Å². The first-order valence-corrected chi connectivity index (χ1v) is 9.93. The van der Waals surface area contributed by atoms with Crippen LogP contribution in [0.2, 0.25) is 0 Å². The predicted molar refractivity (Wildman–Crippen MR) is 86.3 cm³/mol. The highest BCUT2D eigenvalue weighted by Gasteiger charge is 2.13. The number of hydrogen-bond acceptors (Lipinski definition) is 5. The van der Waals surface area contributed by atoms with Gasteiger partial charge in [0, 0.05) is 28.1 Å². The van der Waals surface area contributed by atoms with Gasteiger partial charge in [-0.2, -0.15) is 11.8 Å². The van der Waals surface area contributed by atoms with Gasteiger partial charge in [0.25, 0.3) is 0 Å². The fourth-order valence-electron chi connectivity index (χ4n) is 1.48. The highest BCUT2D eigenvalue weighted by Crippen LogP contribution is 2.19. The highest BCUT2D eigenvalue weighted by atomic mass is 32.2. The summed E-state index contributed by atoms with van der Waals surface area (Å²) in [5.74, 6) is 1.44. The zero-order valence-corrected chi connectivity index (χ0v) is 13.6. The molecule has 1 rings (SSSR count). The van der Waals surface area contributed by atoms with E-state index in [9.17, 15) is 8.42 Å². The molecule has 0 radical (unpaired) electrons. The Labute approximate surface area is 124 Å². The van der Waals surface area contributed by atoms with Crippen LogP contribution in [-0.2, 0) is 10.0 Å². The van der Waals surface area contributed by atoms with Gasteiger partial charge in [0.2, 0.25) is 10.0 Å². The van der Waals surface area contributed by atoms with Gasteiger partial charge >= 0.3 is 0 Å².